The minimum atomic E-state index is -0.240. The van der Waals surface area contributed by atoms with Gasteiger partial charge in [0.15, 0.2) is 5.16 Å². The maximum Gasteiger partial charge on any atom is 0.255 e. The van der Waals surface area contributed by atoms with E-state index >= 15 is 0 Å². The molecule has 0 fully saturated rings. The zero-order valence-electron chi connectivity index (χ0n) is 15.5. The first-order valence-corrected chi connectivity index (χ1v) is 9.82. The Balaban J connectivity index is 1.36. The van der Waals surface area contributed by atoms with E-state index in [1.807, 2.05) is 36.0 Å². The lowest BCUT2D eigenvalue weighted by Crippen LogP contribution is -2.15. The van der Waals surface area contributed by atoms with Crippen molar-refractivity contribution in [2.45, 2.75) is 5.16 Å². The van der Waals surface area contributed by atoms with Crippen LogP contribution >= 0.6 is 11.8 Å². The number of aromatic nitrogens is 4. The molecule has 0 aliphatic rings. The Labute approximate surface area is 170 Å². The number of imidazole rings is 1. The lowest BCUT2D eigenvalue weighted by molar-refractivity contribution is -0.113. The molecule has 146 valence electrons. The van der Waals surface area contributed by atoms with Crippen molar-refractivity contribution in [1.82, 2.24) is 19.7 Å². The summed E-state index contributed by atoms with van der Waals surface area (Å²) < 4.78 is 1.86. The fourth-order valence-electron chi connectivity index (χ4n) is 2.79. The van der Waals surface area contributed by atoms with Crippen LogP contribution in [-0.4, -0.2) is 37.3 Å². The summed E-state index contributed by atoms with van der Waals surface area (Å²) in [4.78, 5) is 28.8. The SMILES string of the molecule is Cn1ccnc1SCC(=O)Nc1ccc(C(=O)Nc2cccc3cn[nH]c23)cc1. The molecule has 29 heavy (non-hydrogen) atoms. The highest BCUT2D eigenvalue weighted by Gasteiger charge is 2.11. The van der Waals surface area contributed by atoms with E-state index in [2.05, 4.69) is 25.8 Å². The molecule has 0 aliphatic carbocycles. The van der Waals surface area contributed by atoms with Crippen LogP contribution in [-0.2, 0) is 11.8 Å². The highest BCUT2D eigenvalue weighted by Crippen LogP contribution is 2.21. The molecular formula is C20H18N6O2S. The fraction of sp³-hybridized carbons (Fsp3) is 0.100. The molecule has 0 unspecified atom stereocenters. The van der Waals surface area contributed by atoms with Crippen molar-refractivity contribution in [2.24, 2.45) is 7.05 Å². The minimum absolute atomic E-state index is 0.138. The lowest BCUT2D eigenvalue weighted by atomic mass is 10.1. The number of amides is 2. The van der Waals surface area contributed by atoms with E-state index in [0.29, 0.717) is 16.9 Å². The second kappa shape index (κ2) is 8.19. The third kappa shape index (κ3) is 4.30. The highest BCUT2D eigenvalue weighted by molar-refractivity contribution is 7.99. The number of hydrogen-bond donors (Lipinski definition) is 3. The van der Waals surface area contributed by atoms with Crippen molar-refractivity contribution in [3.8, 4) is 0 Å². The predicted octanol–water partition coefficient (Wildman–Crippen LogP) is 3.28. The van der Waals surface area contributed by atoms with Gasteiger partial charge >= 0.3 is 0 Å². The van der Waals surface area contributed by atoms with Gasteiger partial charge in [-0.05, 0) is 30.3 Å². The molecule has 4 rings (SSSR count). The molecular weight excluding hydrogens is 388 g/mol. The smallest absolute Gasteiger partial charge is 0.255 e. The van der Waals surface area contributed by atoms with Gasteiger partial charge in [0.2, 0.25) is 5.91 Å². The highest BCUT2D eigenvalue weighted by atomic mass is 32.2. The predicted molar refractivity (Wildman–Crippen MR) is 113 cm³/mol. The lowest BCUT2D eigenvalue weighted by Gasteiger charge is -2.08. The van der Waals surface area contributed by atoms with Crippen molar-refractivity contribution in [1.29, 1.82) is 0 Å². The van der Waals surface area contributed by atoms with Crippen molar-refractivity contribution in [3.05, 3.63) is 66.6 Å². The molecule has 2 aromatic heterocycles. The number of carbonyl (C=O) groups excluding carboxylic acids is 2. The fourth-order valence-corrected chi connectivity index (χ4v) is 3.52. The number of nitrogens with one attached hydrogen (secondary N) is 3. The van der Waals surface area contributed by atoms with Gasteiger partial charge in [-0.1, -0.05) is 23.9 Å². The van der Waals surface area contributed by atoms with Gasteiger partial charge < -0.3 is 15.2 Å². The van der Waals surface area contributed by atoms with Crippen molar-refractivity contribution < 1.29 is 9.59 Å². The number of benzene rings is 2. The molecule has 0 saturated heterocycles. The van der Waals surface area contributed by atoms with E-state index in [1.165, 1.54) is 11.8 Å². The number of carbonyl (C=O) groups is 2. The van der Waals surface area contributed by atoms with Gasteiger partial charge in [-0.25, -0.2) is 4.98 Å². The number of thioether (sulfide) groups is 1. The Morgan fingerprint density at radius 1 is 1.14 bits per heavy atom. The van der Waals surface area contributed by atoms with Crippen LogP contribution in [0, 0.1) is 0 Å². The maximum atomic E-state index is 12.5. The molecule has 0 bridgehead atoms. The number of aryl methyl sites for hydroxylation is 1. The van der Waals surface area contributed by atoms with Crippen LogP contribution in [0.2, 0.25) is 0 Å². The van der Waals surface area contributed by atoms with Crippen LogP contribution in [0.15, 0.2) is 66.2 Å². The topological polar surface area (TPSA) is 105 Å². The molecule has 2 heterocycles. The molecule has 0 aliphatic heterocycles. The summed E-state index contributed by atoms with van der Waals surface area (Å²) in [6.45, 7) is 0. The monoisotopic (exact) mass is 406 g/mol. The molecule has 4 aromatic rings. The number of fused-ring (bicyclic) bond motifs is 1. The molecule has 0 spiro atoms. The second-order valence-corrected chi connectivity index (χ2v) is 7.27. The number of rotatable bonds is 6. The maximum absolute atomic E-state index is 12.5. The average molecular weight is 406 g/mol. The zero-order chi connectivity index (χ0) is 20.2. The standard InChI is InChI=1S/C20H18N6O2S/c1-26-10-9-21-20(26)29-12-17(27)23-15-7-5-13(6-8-15)19(28)24-16-4-2-3-14-11-22-25-18(14)16/h2-11H,12H2,1H3,(H,22,25)(H,23,27)(H,24,28). The van der Waals surface area contributed by atoms with E-state index in [1.54, 1.807) is 36.7 Å². The first kappa shape index (κ1) is 18.8. The molecule has 2 aromatic carbocycles. The molecule has 0 saturated carbocycles. The Hall–Kier alpha value is -3.59. The van der Waals surface area contributed by atoms with Gasteiger partial charge in [0, 0.05) is 36.1 Å². The number of H-pyrrole nitrogens is 1. The Morgan fingerprint density at radius 3 is 2.72 bits per heavy atom. The normalized spacial score (nSPS) is 10.8. The van der Waals surface area contributed by atoms with Crippen molar-refractivity contribution in [3.63, 3.8) is 0 Å². The van der Waals surface area contributed by atoms with Gasteiger partial charge in [0.25, 0.3) is 5.91 Å². The van der Waals surface area contributed by atoms with E-state index in [4.69, 9.17) is 0 Å². The van der Waals surface area contributed by atoms with E-state index in [0.717, 1.165) is 16.1 Å². The third-order valence-corrected chi connectivity index (χ3v) is 5.32. The Morgan fingerprint density at radius 2 is 1.97 bits per heavy atom. The quantitative estimate of drug-likeness (QED) is 0.426. The van der Waals surface area contributed by atoms with Crippen LogP contribution in [0.5, 0.6) is 0 Å². The van der Waals surface area contributed by atoms with Crippen LogP contribution in [0.3, 0.4) is 0 Å². The molecule has 9 heteroatoms. The largest absolute Gasteiger partial charge is 0.329 e. The Bertz CT molecular complexity index is 1170. The molecule has 3 N–H and O–H groups in total. The van der Waals surface area contributed by atoms with Crippen LogP contribution < -0.4 is 10.6 Å². The van der Waals surface area contributed by atoms with Crippen molar-refractivity contribution >= 4 is 45.9 Å². The van der Waals surface area contributed by atoms with E-state index in [-0.39, 0.29) is 17.6 Å². The summed E-state index contributed by atoms with van der Waals surface area (Å²) in [7, 11) is 1.88. The van der Waals surface area contributed by atoms with E-state index in [9.17, 15) is 9.59 Å². The molecule has 0 radical (unpaired) electrons. The van der Waals surface area contributed by atoms with E-state index < -0.39 is 0 Å². The zero-order valence-corrected chi connectivity index (χ0v) is 16.4. The van der Waals surface area contributed by atoms with Gasteiger partial charge in [-0.2, -0.15) is 5.10 Å². The molecule has 8 nitrogen and oxygen atoms in total. The molecule has 2 amide bonds. The third-order valence-electron chi connectivity index (χ3n) is 4.27. The second-order valence-electron chi connectivity index (χ2n) is 6.33. The van der Waals surface area contributed by atoms with Crippen LogP contribution in [0.1, 0.15) is 10.4 Å². The minimum Gasteiger partial charge on any atom is -0.329 e. The van der Waals surface area contributed by atoms with Gasteiger partial charge in [-0.15, -0.1) is 0 Å². The first-order chi connectivity index (χ1) is 14.1. The first-order valence-electron chi connectivity index (χ1n) is 8.83. The summed E-state index contributed by atoms with van der Waals surface area (Å²) >= 11 is 1.36. The summed E-state index contributed by atoms with van der Waals surface area (Å²) in [5.41, 5.74) is 2.55. The summed E-state index contributed by atoms with van der Waals surface area (Å²) in [5, 5.41) is 14.3. The number of aromatic amines is 1. The van der Waals surface area contributed by atoms with Crippen LogP contribution in [0.25, 0.3) is 10.9 Å². The summed E-state index contributed by atoms with van der Waals surface area (Å²) in [5.74, 6) is -0.127. The van der Waals surface area contributed by atoms with Crippen molar-refractivity contribution in [2.75, 3.05) is 16.4 Å². The number of nitrogens with zero attached hydrogens (tertiary/aromatic N) is 3. The van der Waals surface area contributed by atoms with Gasteiger partial charge in [0.1, 0.15) is 0 Å². The average Bonchev–Trinajstić information content (AvgIpc) is 3.36. The summed E-state index contributed by atoms with van der Waals surface area (Å²) in [6, 6.07) is 12.3. The number of anilines is 2. The summed E-state index contributed by atoms with van der Waals surface area (Å²) in [6.07, 6.45) is 5.22. The van der Waals surface area contributed by atoms with Gasteiger partial charge in [-0.3, -0.25) is 14.7 Å². The number of hydrogen-bond acceptors (Lipinski definition) is 5. The number of para-hydroxylation sites is 1. The molecule has 0 atom stereocenters. The Kier molecular flexibility index (Phi) is 5.30. The van der Waals surface area contributed by atoms with Crippen LogP contribution in [0.4, 0.5) is 11.4 Å². The van der Waals surface area contributed by atoms with Gasteiger partial charge in [0.05, 0.1) is 23.2 Å².